The van der Waals surface area contributed by atoms with Crippen molar-refractivity contribution in [2.24, 2.45) is 7.05 Å². The zero-order valence-electron chi connectivity index (χ0n) is 14.9. The maximum atomic E-state index is 12.6. The Bertz CT molecular complexity index is 867. The second-order valence-corrected chi connectivity index (χ2v) is 6.72. The van der Waals surface area contributed by atoms with Gasteiger partial charge in [-0.15, -0.1) is 0 Å². The largest absolute Gasteiger partial charge is 0.378 e. The predicted octanol–water partition coefficient (Wildman–Crippen LogP) is 0.508. The van der Waals surface area contributed by atoms with Crippen LogP contribution < -0.4 is 10.5 Å². The Morgan fingerprint density at radius 3 is 2.46 bits per heavy atom. The van der Waals surface area contributed by atoms with Crippen LogP contribution in [0.4, 0.5) is 10.5 Å². The SMILES string of the molecule is Cn1cnc2cc(N3CCN(C(=O)N4CCOCC4)CC3)ccc2c1=O. The van der Waals surface area contributed by atoms with E-state index in [1.807, 2.05) is 28.0 Å². The van der Waals surface area contributed by atoms with E-state index in [1.165, 1.54) is 4.57 Å². The lowest BCUT2D eigenvalue weighted by Crippen LogP contribution is -2.54. The van der Waals surface area contributed by atoms with Gasteiger partial charge in [-0.25, -0.2) is 9.78 Å². The highest BCUT2D eigenvalue weighted by atomic mass is 16.5. The van der Waals surface area contributed by atoms with Crippen LogP contribution in [-0.4, -0.2) is 77.9 Å². The van der Waals surface area contributed by atoms with Crippen molar-refractivity contribution in [1.82, 2.24) is 19.4 Å². The summed E-state index contributed by atoms with van der Waals surface area (Å²) >= 11 is 0. The molecular weight excluding hydrogens is 334 g/mol. The number of amides is 2. The van der Waals surface area contributed by atoms with E-state index in [9.17, 15) is 9.59 Å². The van der Waals surface area contributed by atoms with Gasteiger partial charge in [0.2, 0.25) is 0 Å². The van der Waals surface area contributed by atoms with Gasteiger partial charge in [-0.3, -0.25) is 4.79 Å². The molecule has 2 amide bonds. The van der Waals surface area contributed by atoms with Gasteiger partial charge in [-0.2, -0.15) is 0 Å². The monoisotopic (exact) mass is 357 g/mol. The molecule has 2 saturated heterocycles. The number of piperazine rings is 1. The number of urea groups is 1. The van der Waals surface area contributed by atoms with Crippen LogP contribution in [0.15, 0.2) is 29.3 Å². The first-order chi connectivity index (χ1) is 12.6. The quantitative estimate of drug-likeness (QED) is 0.744. The standard InChI is InChI=1S/C18H23N5O3/c1-20-13-19-16-12-14(2-3-15(16)17(20)24)21-4-6-22(7-5-21)18(25)23-8-10-26-11-9-23/h2-3,12-13H,4-11H2,1H3. The molecule has 0 N–H and O–H groups in total. The molecule has 2 aromatic rings. The number of rotatable bonds is 1. The van der Waals surface area contributed by atoms with Crippen LogP contribution in [0.2, 0.25) is 0 Å². The molecular formula is C18H23N5O3. The van der Waals surface area contributed by atoms with E-state index in [2.05, 4.69) is 9.88 Å². The van der Waals surface area contributed by atoms with Crippen LogP contribution in [0.25, 0.3) is 10.9 Å². The highest BCUT2D eigenvalue weighted by Gasteiger charge is 2.26. The molecule has 8 heteroatoms. The third kappa shape index (κ3) is 3.12. The number of aromatic nitrogens is 2. The Morgan fingerprint density at radius 2 is 1.73 bits per heavy atom. The number of aryl methyl sites for hydroxylation is 1. The average molecular weight is 357 g/mol. The molecule has 0 radical (unpaired) electrons. The summed E-state index contributed by atoms with van der Waals surface area (Å²) in [5, 5.41) is 0.625. The Balaban J connectivity index is 1.44. The van der Waals surface area contributed by atoms with Crippen molar-refractivity contribution in [2.75, 3.05) is 57.4 Å². The van der Waals surface area contributed by atoms with Gasteiger partial charge >= 0.3 is 6.03 Å². The van der Waals surface area contributed by atoms with Crippen molar-refractivity contribution in [1.29, 1.82) is 0 Å². The first kappa shape index (κ1) is 16.8. The second-order valence-electron chi connectivity index (χ2n) is 6.72. The van der Waals surface area contributed by atoms with Gasteiger partial charge in [0.1, 0.15) is 0 Å². The molecule has 1 aromatic heterocycles. The normalized spacial score (nSPS) is 18.4. The minimum absolute atomic E-state index is 0.0394. The Hall–Kier alpha value is -2.61. The smallest absolute Gasteiger partial charge is 0.320 e. The van der Waals surface area contributed by atoms with E-state index in [-0.39, 0.29) is 11.6 Å². The fourth-order valence-corrected chi connectivity index (χ4v) is 3.51. The average Bonchev–Trinajstić information content (AvgIpc) is 2.71. The maximum absolute atomic E-state index is 12.6. The van der Waals surface area contributed by atoms with E-state index in [0.717, 1.165) is 18.8 Å². The van der Waals surface area contributed by atoms with Gasteiger partial charge in [-0.1, -0.05) is 0 Å². The summed E-state index contributed by atoms with van der Waals surface area (Å²) in [6.45, 7) is 5.51. The van der Waals surface area contributed by atoms with E-state index in [4.69, 9.17) is 4.74 Å². The molecule has 0 aliphatic carbocycles. The number of hydrogen-bond donors (Lipinski definition) is 0. The van der Waals surface area contributed by atoms with Gasteiger partial charge in [0, 0.05) is 52.0 Å². The third-order valence-corrected chi connectivity index (χ3v) is 5.10. The summed E-state index contributed by atoms with van der Waals surface area (Å²) in [4.78, 5) is 35.1. The molecule has 0 spiro atoms. The fraction of sp³-hybridized carbons (Fsp3) is 0.500. The van der Waals surface area contributed by atoms with Crippen molar-refractivity contribution in [3.63, 3.8) is 0 Å². The Labute approximate surface area is 151 Å². The molecule has 2 fully saturated rings. The van der Waals surface area contributed by atoms with Crippen LogP contribution in [0.3, 0.4) is 0 Å². The summed E-state index contributed by atoms with van der Waals surface area (Å²) in [6, 6.07) is 5.86. The zero-order chi connectivity index (χ0) is 18.1. The zero-order valence-corrected chi connectivity index (χ0v) is 14.9. The summed E-state index contributed by atoms with van der Waals surface area (Å²) in [6.07, 6.45) is 1.55. The number of carbonyl (C=O) groups is 1. The first-order valence-electron chi connectivity index (χ1n) is 8.95. The van der Waals surface area contributed by atoms with E-state index >= 15 is 0 Å². The Morgan fingerprint density at radius 1 is 1.04 bits per heavy atom. The molecule has 1 aromatic carbocycles. The Kier molecular flexibility index (Phi) is 4.50. The lowest BCUT2D eigenvalue weighted by atomic mass is 10.2. The second kappa shape index (κ2) is 6.95. The molecule has 4 rings (SSSR count). The van der Waals surface area contributed by atoms with Crippen LogP contribution >= 0.6 is 0 Å². The van der Waals surface area contributed by atoms with Crippen LogP contribution in [0.5, 0.6) is 0 Å². The highest BCUT2D eigenvalue weighted by molar-refractivity contribution is 5.81. The van der Waals surface area contributed by atoms with Crippen molar-refractivity contribution >= 4 is 22.6 Å². The molecule has 2 aliphatic heterocycles. The number of carbonyl (C=O) groups excluding carboxylic acids is 1. The predicted molar refractivity (Wildman–Crippen MR) is 98.6 cm³/mol. The molecule has 2 aliphatic rings. The molecule has 3 heterocycles. The van der Waals surface area contributed by atoms with Crippen LogP contribution in [-0.2, 0) is 11.8 Å². The number of fused-ring (bicyclic) bond motifs is 1. The number of hydrogen-bond acceptors (Lipinski definition) is 5. The molecule has 138 valence electrons. The van der Waals surface area contributed by atoms with Crippen molar-refractivity contribution in [3.05, 3.63) is 34.9 Å². The minimum Gasteiger partial charge on any atom is -0.378 e. The number of anilines is 1. The first-order valence-corrected chi connectivity index (χ1v) is 8.95. The highest BCUT2D eigenvalue weighted by Crippen LogP contribution is 2.21. The summed E-state index contributed by atoms with van der Waals surface area (Å²) < 4.78 is 6.80. The number of morpholine rings is 1. The molecule has 0 unspecified atom stereocenters. The molecule has 26 heavy (non-hydrogen) atoms. The fourth-order valence-electron chi connectivity index (χ4n) is 3.51. The van der Waals surface area contributed by atoms with E-state index < -0.39 is 0 Å². The van der Waals surface area contributed by atoms with Crippen LogP contribution in [0.1, 0.15) is 0 Å². The van der Waals surface area contributed by atoms with E-state index in [0.29, 0.717) is 50.3 Å². The molecule has 0 bridgehead atoms. The minimum atomic E-state index is -0.0394. The third-order valence-electron chi connectivity index (χ3n) is 5.10. The van der Waals surface area contributed by atoms with Gasteiger partial charge in [-0.05, 0) is 18.2 Å². The van der Waals surface area contributed by atoms with Crippen molar-refractivity contribution < 1.29 is 9.53 Å². The number of benzene rings is 1. The van der Waals surface area contributed by atoms with Gasteiger partial charge < -0.3 is 24.0 Å². The maximum Gasteiger partial charge on any atom is 0.320 e. The number of nitrogens with zero attached hydrogens (tertiary/aromatic N) is 5. The lowest BCUT2D eigenvalue weighted by Gasteiger charge is -2.39. The van der Waals surface area contributed by atoms with E-state index in [1.54, 1.807) is 13.4 Å². The van der Waals surface area contributed by atoms with Gasteiger partial charge in [0.25, 0.3) is 5.56 Å². The lowest BCUT2D eigenvalue weighted by molar-refractivity contribution is 0.0428. The van der Waals surface area contributed by atoms with Crippen LogP contribution in [0, 0.1) is 0 Å². The molecule has 8 nitrogen and oxygen atoms in total. The molecule has 0 saturated carbocycles. The van der Waals surface area contributed by atoms with Gasteiger partial charge in [0.05, 0.1) is 30.4 Å². The topological polar surface area (TPSA) is 70.9 Å². The molecule has 0 atom stereocenters. The summed E-state index contributed by atoms with van der Waals surface area (Å²) in [7, 11) is 1.70. The van der Waals surface area contributed by atoms with Crippen molar-refractivity contribution in [2.45, 2.75) is 0 Å². The van der Waals surface area contributed by atoms with Gasteiger partial charge in [0.15, 0.2) is 0 Å². The summed E-state index contributed by atoms with van der Waals surface area (Å²) in [5.74, 6) is 0. The summed E-state index contributed by atoms with van der Waals surface area (Å²) in [5.41, 5.74) is 1.71. The number of ether oxygens (including phenoxy) is 1. The van der Waals surface area contributed by atoms with Crippen molar-refractivity contribution in [3.8, 4) is 0 Å².